The second-order valence-electron chi connectivity index (χ2n) is 4.30. The third-order valence-corrected chi connectivity index (χ3v) is 2.87. The van der Waals surface area contributed by atoms with Crippen molar-refractivity contribution in [3.05, 3.63) is 24.0 Å². The van der Waals surface area contributed by atoms with Crippen LogP contribution in [0.25, 0.3) is 0 Å². The van der Waals surface area contributed by atoms with Crippen molar-refractivity contribution < 1.29 is 4.74 Å². The number of pyridine rings is 1. The fourth-order valence-corrected chi connectivity index (χ4v) is 1.72. The number of nitrogens with one attached hydrogen (secondary N) is 1. The molecule has 0 atom stereocenters. The monoisotopic (exact) mass is 289 g/mol. The van der Waals surface area contributed by atoms with Crippen LogP contribution in [0.15, 0.2) is 18.3 Å². The first-order valence-electron chi connectivity index (χ1n) is 6.74. The Balaban J connectivity index is 2.29. The molecule has 8 heteroatoms. The second kappa shape index (κ2) is 6.80. The number of aryl methyl sites for hydroxylation is 1. The molecule has 0 spiro atoms. The van der Waals surface area contributed by atoms with Crippen LogP contribution < -0.4 is 20.9 Å². The van der Waals surface area contributed by atoms with Gasteiger partial charge in [-0.05, 0) is 32.9 Å². The molecule has 2 aromatic rings. The molecule has 0 saturated heterocycles. The minimum atomic E-state index is 0.172. The topological polar surface area (TPSA) is 102 Å². The van der Waals surface area contributed by atoms with Gasteiger partial charge in [0.25, 0.3) is 0 Å². The van der Waals surface area contributed by atoms with Crippen molar-refractivity contribution in [2.45, 2.75) is 20.8 Å². The summed E-state index contributed by atoms with van der Waals surface area (Å²) >= 11 is 0. The fourth-order valence-electron chi connectivity index (χ4n) is 1.72. The number of nitrogens with two attached hydrogens (primary N) is 1. The summed E-state index contributed by atoms with van der Waals surface area (Å²) in [6.45, 7) is 7.49. The molecule has 8 nitrogen and oxygen atoms in total. The molecule has 3 N–H and O–H groups in total. The molecule has 2 heterocycles. The van der Waals surface area contributed by atoms with Gasteiger partial charge in [-0.3, -0.25) is 10.4 Å². The van der Waals surface area contributed by atoms with E-state index in [4.69, 9.17) is 10.6 Å². The van der Waals surface area contributed by atoms with E-state index >= 15 is 0 Å². The van der Waals surface area contributed by atoms with Gasteiger partial charge in [0.2, 0.25) is 11.9 Å². The van der Waals surface area contributed by atoms with Crippen LogP contribution in [0.2, 0.25) is 0 Å². The zero-order chi connectivity index (χ0) is 15.2. The van der Waals surface area contributed by atoms with Gasteiger partial charge in [0, 0.05) is 18.8 Å². The van der Waals surface area contributed by atoms with Crippen molar-refractivity contribution >= 4 is 11.9 Å². The Kier molecular flexibility index (Phi) is 4.83. The Morgan fingerprint density at radius 2 is 1.95 bits per heavy atom. The molecule has 0 amide bonds. The van der Waals surface area contributed by atoms with Gasteiger partial charge in [-0.25, -0.2) is 5.84 Å². The lowest BCUT2D eigenvalue weighted by molar-refractivity contribution is 0.438. The number of anilines is 2. The first-order chi connectivity index (χ1) is 10.2. The van der Waals surface area contributed by atoms with Gasteiger partial charge in [-0.2, -0.15) is 15.0 Å². The molecule has 21 heavy (non-hydrogen) atoms. The minimum absolute atomic E-state index is 0.172. The molecule has 0 aliphatic carbocycles. The quantitative estimate of drug-likeness (QED) is 0.609. The number of hydrazine groups is 1. The van der Waals surface area contributed by atoms with Gasteiger partial charge < -0.3 is 9.64 Å². The predicted molar refractivity (Wildman–Crippen MR) is 80.2 cm³/mol. The number of ether oxygens (including phenoxy) is 1. The van der Waals surface area contributed by atoms with E-state index in [1.165, 1.54) is 0 Å². The smallest absolute Gasteiger partial charge is 0.328 e. The molecule has 0 aliphatic heterocycles. The average Bonchev–Trinajstić information content (AvgIpc) is 2.50. The van der Waals surface area contributed by atoms with Crippen molar-refractivity contribution in [3.8, 4) is 11.8 Å². The Bertz CT molecular complexity index is 584. The summed E-state index contributed by atoms with van der Waals surface area (Å²) in [4.78, 5) is 18.7. The number of hydrogen-bond acceptors (Lipinski definition) is 8. The summed E-state index contributed by atoms with van der Waals surface area (Å²) in [5.41, 5.74) is 3.33. The lowest BCUT2D eigenvalue weighted by Gasteiger charge is -2.19. The zero-order valence-electron chi connectivity index (χ0n) is 12.4. The number of rotatable bonds is 6. The van der Waals surface area contributed by atoms with Crippen LogP contribution in [0, 0.1) is 6.92 Å². The van der Waals surface area contributed by atoms with E-state index in [-0.39, 0.29) is 12.0 Å². The van der Waals surface area contributed by atoms with Gasteiger partial charge >= 0.3 is 6.01 Å². The normalized spacial score (nSPS) is 10.3. The van der Waals surface area contributed by atoms with Crippen molar-refractivity contribution in [2.24, 2.45) is 5.84 Å². The zero-order valence-corrected chi connectivity index (χ0v) is 12.4. The van der Waals surface area contributed by atoms with E-state index in [2.05, 4.69) is 25.4 Å². The van der Waals surface area contributed by atoms with E-state index in [1.807, 2.05) is 31.7 Å². The number of nitrogen functional groups attached to an aromatic ring is 1. The van der Waals surface area contributed by atoms with Crippen LogP contribution in [0.3, 0.4) is 0 Å². The van der Waals surface area contributed by atoms with E-state index in [0.29, 0.717) is 11.7 Å². The van der Waals surface area contributed by atoms with Crippen molar-refractivity contribution in [1.82, 2.24) is 19.9 Å². The molecule has 2 aromatic heterocycles. The van der Waals surface area contributed by atoms with Crippen LogP contribution >= 0.6 is 0 Å². The SMILES string of the molecule is CCN(CC)c1nc(NN)nc(Oc2ccc(C)nc2)n1. The highest BCUT2D eigenvalue weighted by molar-refractivity contribution is 5.38. The molecule has 0 saturated carbocycles. The highest BCUT2D eigenvalue weighted by Gasteiger charge is 2.12. The summed E-state index contributed by atoms with van der Waals surface area (Å²) in [5.74, 6) is 6.71. The first kappa shape index (κ1) is 14.9. The maximum absolute atomic E-state index is 5.61. The maximum atomic E-state index is 5.61. The number of aromatic nitrogens is 4. The highest BCUT2D eigenvalue weighted by Crippen LogP contribution is 2.20. The number of nitrogens with zero attached hydrogens (tertiary/aromatic N) is 5. The predicted octanol–water partition coefficient (Wildman–Crippen LogP) is 1.50. The molecule has 0 aliphatic rings. The third kappa shape index (κ3) is 3.76. The highest BCUT2D eigenvalue weighted by atomic mass is 16.5. The third-order valence-electron chi connectivity index (χ3n) is 2.87. The average molecular weight is 289 g/mol. The first-order valence-corrected chi connectivity index (χ1v) is 6.74. The maximum Gasteiger partial charge on any atom is 0.328 e. The largest absolute Gasteiger partial charge is 0.422 e. The van der Waals surface area contributed by atoms with Crippen molar-refractivity contribution in [1.29, 1.82) is 0 Å². The molecular weight excluding hydrogens is 270 g/mol. The Labute approximate surface area is 123 Å². The van der Waals surface area contributed by atoms with Crippen LogP contribution in [-0.2, 0) is 0 Å². The van der Waals surface area contributed by atoms with E-state index in [1.54, 1.807) is 12.3 Å². The van der Waals surface area contributed by atoms with Crippen LogP contribution in [-0.4, -0.2) is 33.0 Å². The summed E-state index contributed by atoms with van der Waals surface area (Å²) in [5, 5.41) is 0. The molecule has 0 fully saturated rings. The summed E-state index contributed by atoms with van der Waals surface area (Å²) < 4.78 is 5.61. The van der Waals surface area contributed by atoms with E-state index in [0.717, 1.165) is 18.8 Å². The van der Waals surface area contributed by atoms with Gasteiger partial charge in [-0.15, -0.1) is 0 Å². The second-order valence-corrected chi connectivity index (χ2v) is 4.30. The standard InChI is InChI=1S/C13H19N7O/c1-4-20(5-2)12-16-11(19-14)17-13(18-12)21-10-7-6-9(3)15-8-10/h6-8H,4-5,14H2,1-3H3,(H,16,17,18,19). The Morgan fingerprint density at radius 3 is 2.52 bits per heavy atom. The molecule has 0 bridgehead atoms. The number of hydrogen-bond donors (Lipinski definition) is 2. The minimum Gasteiger partial charge on any atom is -0.422 e. The fraction of sp³-hybridized carbons (Fsp3) is 0.385. The molecule has 0 unspecified atom stereocenters. The van der Waals surface area contributed by atoms with Crippen LogP contribution in [0.4, 0.5) is 11.9 Å². The van der Waals surface area contributed by atoms with Gasteiger partial charge in [0.1, 0.15) is 5.75 Å². The summed E-state index contributed by atoms with van der Waals surface area (Å²) in [6, 6.07) is 3.83. The lowest BCUT2D eigenvalue weighted by atomic mass is 10.4. The van der Waals surface area contributed by atoms with Gasteiger partial charge in [-0.1, -0.05) is 0 Å². The van der Waals surface area contributed by atoms with Crippen molar-refractivity contribution in [3.63, 3.8) is 0 Å². The van der Waals surface area contributed by atoms with Crippen LogP contribution in [0.1, 0.15) is 19.5 Å². The molecular formula is C13H19N7O. The summed E-state index contributed by atoms with van der Waals surface area (Å²) in [7, 11) is 0. The molecule has 112 valence electrons. The Hall–Kier alpha value is -2.48. The Morgan fingerprint density at radius 1 is 1.19 bits per heavy atom. The molecule has 0 radical (unpaired) electrons. The van der Waals surface area contributed by atoms with E-state index in [9.17, 15) is 0 Å². The lowest BCUT2D eigenvalue weighted by Crippen LogP contribution is -2.25. The van der Waals surface area contributed by atoms with Gasteiger partial charge in [0.05, 0.1) is 6.20 Å². The molecule has 2 rings (SSSR count). The van der Waals surface area contributed by atoms with E-state index < -0.39 is 0 Å². The van der Waals surface area contributed by atoms with Gasteiger partial charge in [0.15, 0.2) is 0 Å². The van der Waals surface area contributed by atoms with Crippen molar-refractivity contribution in [2.75, 3.05) is 23.4 Å². The van der Waals surface area contributed by atoms with Crippen LogP contribution in [0.5, 0.6) is 11.8 Å². The molecule has 0 aromatic carbocycles. The summed E-state index contributed by atoms with van der Waals surface area (Å²) in [6.07, 6.45) is 1.62.